The molecule has 4 heteroatoms. The summed E-state index contributed by atoms with van der Waals surface area (Å²) < 4.78 is 10.5. The highest BCUT2D eigenvalue weighted by atomic mass is 16.5. The first kappa shape index (κ1) is 17.0. The maximum absolute atomic E-state index is 12.1. The number of rotatable bonds is 2. The lowest BCUT2D eigenvalue weighted by Gasteiger charge is -2.20. The highest BCUT2D eigenvalue weighted by Crippen LogP contribution is 2.22. The van der Waals surface area contributed by atoms with Gasteiger partial charge in [-0.1, -0.05) is 36.1 Å². The van der Waals surface area contributed by atoms with Crippen LogP contribution in [0.15, 0.2) is 53.1 Å². The summed E-state index contributed by atoms with van der Waals surface area (Å²) in [5.41, 5.74) is 3.06. The van der Waals surface area contributed by atoms with Crippen molar-refractivity contribution in [1.82, 2.24) is 0 Å². The van der Waals surface area contributed by atoms with Crippen molar-refractivity contribution >= 4 is 11.9 Å². The van der Waals surface area contributed by atoms with Crippen LogP contribution in [0.1, 0.15) is 43.0 Å². The average molecular weight is 336 g/mol. The van der Waals surface area contributed by atoms with Gasteiger partial charge in [0.2, 0.25) is 0 Å². The molecule has 0 saturated carbocycles. The molecule has 25 heavy (non-hydrogen) atoms. The zero-order valence-corrected chi connectivity index (χ0v) is 14.2. The first-order valence-electron chi connectivity index (χ1n) is 8.47. The van der Waals surface area contributed by atoms with Crippen molar-refractivity contribution in [2.75, 3.05) is 6.61 Å². The molecule has 4 nitrogen and oxygen atoms in total. The molecule has 0 radical (unpaired) electrons. The van der Waals surface area contributed by atoms with Crippen molar-refractivity contribution in [1.29, 1.82) is 0 Å². The van der Waals surface area contributed by atoms with Crippen molar-refractivity contribution < 1.29 is 19.1 Å². The van der Waals surface area contributed by atoms with Gasteiger partial charge in [0.15, 0.2) is 0 Å². The van der Waals surface area contributed by atoms with E-state index in [0.29, 0.717) is 30.6 Å². The van der Waals surface area contributed by atoms with Crippen molar-refractivity contribution in [2.45, 2.75) is 38.7 Å². The lowest BCUT2D eigenvalue weighted by atomic mass is 9.97. The average Bonchev–Trinajstić information content (AvgIpc) is 3.07. The summed E-state index contributed by atoms with van der Waals surface area (Å²) in [7, 11) is 0. The van der Waals surface area contributed by atoms with Crippen LogP contribution in [0.25, 0.3) is 0 Å². The summed E-state index contributed by atoms with van der Waals surface area (Å²) in [6.45, 7) is 2.30. The Morgan fingerprint density at radius 3 is 2.68 bits per heavy atom. The molecular formula is C21H20O4. The summed E-state index contributed by atoms with van der Waals surface area (Å²) in [5.74, 6) is 5.65. The van der Waals surface area contributed by atoms with Gasteiger partial charge in [-0.2, -0.15) is 0 Å². The smallest absolute Gasteiger partial charge is 0.338 e. The quantitative estimate of drug-likeness (QED) is 0.470. The molecule has 1 aromatic rings. The van der Waals surface area contributed by atoms with E-state index in [1.54, 1.807) is 12.1 Å². The second-order valence-corrected chi connectivity index (χ2v) is 6.14. The number of carbonyl (C=O) groups excluding carboxylic acids is 2. The van der Waals surface area contributed by atoms with Crippen molar-refractivity contribution in [2.24, 2.45) is 0 Å². The second kappa shape index (κ2) is 7.85. The van der Waals surface area contributed by atoms with Crippen LogP contribution < -0.4 is 0 Å². The summed E-state index contributed by atoms with van der Waals surface area (Å²) in [5, 5.41) is 0. The zero-order valence-electron chi connectivity index (χ0n) is 14.2. The minimum absolute atomic E-state index is 0.109. The number of cyclic esters (lactones) is 1. The van der Waals surface area contributed by atoms with Crippen LogP contribution in [0.4, 0.5) is 0 Å². The van der Waals surface area contributed by atoms with Gasteiger partial charge in [0.05, 0.1) is 17.7 Å². The van der Waals surface area contributed by atoms with E-state index < -0.39 is 0 Å². The standard InChI is InChI=1S/C21H20O4/c1-15(19-13-14-24-21(19)23)7-8-16-9-11-18(12-10-16)25-20(22)17-5-3-2-4-6-17/h2-6,9,18H,10-14H2,1H3/b19-15-. The van der Waals surface area contributed by atoms with Crippen LogP contribution >= 0.6 is 0 Å². The third kappa shape index (κ3) is 4.39. The highest BCUT2D eigenvalue weighted by molar-refractivity contribution is 5.92. The van der Waals surface area contributed by atoms with Gasteiger partial charge >= 0.3 is 11.9 Å². The van der Waals surface area contributed by atoms with E-state index in [1.807, 2.05) is 31.2 Å². The van der Waals surface area contributed by atoms with Gasteiger partial charge in [-0.25, -0.2) is 9.59 Å². The Morgan fingerprint density at radius 1 is 1.24 bits per heavy atom. The van der Waals surface area contributed by atoms with E-state index in [1.165, 1.54) is 0 Å². The molecule has 1 aliphatic heterocycles. The van der Waals surface area contributed by atoms with Crippen LogP contribution in [0.5, 0.6) is 0 Å². The number of hydrogen-bond donors (Lipinski definition) is 0. The molecule has 0 aromatic heterocycles. The fourth-order valence-electron chi connectivity index (χ4n) is 2.85. The lowest BCUT2D eigenvalue weighted by molar-refractivity contribution is -0.135. The molecule has 1 atom stereocenters. The molecular weight excluding hydrogens is 316 g/mol. The molecule has 1 aromatic carbocycles. The second-order valence-electron chi connectivity index (χ2n) is 6.14. The number of esters is 2. The Kier molecular flexibility index (Phi) is 5.35. The van der Waals surface area contributed by atoms with Gasteiger partial charge in [-0.05, 0) is 37.5 Å². The molecule has 1 fully saturated rings. The normalized spacial score (nSPS) is 21.6. The Balaban J connectivity index is 1.57. The zero-order chi connectivity index (χ0) is 17.6. The third-order valence-corrected chi connectivity index (χ3v) is 4.34. The number of allylic oxidation sites excluding steroid dienone is 2. The van der Waals surface area contributed by atoms with E-state index >= 15 is 0 Å². The molecule has 1 saturated heterocycles. The maximum atomic E-state index is 12.1. The van der Waals surface area contributed by atoms with Crippen molar-refractivity contribution in [3.63, 3.8) is 0 Å². The molecule has 0 spiro atoms. The van der Waals surface area contributed by atoms with Crippen LogP contribution in [0, 0.1) is 11.8 Å². The van der Waals surface area contributed by atoms with Gasteiger partial charge in [-0.3, -0.25) is 0 Å². The maximum Gasteiger partial charge on any atom is 0.338 e. The van der Waals surface area contributed by atoms with Gasteiger partial charge in [0.25, 0.3) is 0 Å². The molecule has 3 rings (SSSR count). The Morgan fingerprint density at radius 2 is 2.04 bits per heavy atom. The van der Waals surface area contributed by atoms with Crippen molar-refractivity contribution in [3.8, 4) is 11.8 Å². The summed E-state index contributed by atoms with van der Waals surface area (Å²) >= 11 is 0. The lowest BCUT2D eigenvalue weighted by Crippen LogP contribution is -2.20. The Labute approximate surface area is 147 Å². The highest BCUT2D eigenvalue weighted by Gasteiger charge is 2.21. The first-order chi connectivity index (χ1) is 12.1. The van der Waals surface area contributed by atoms with E-state index in [-0.39, 0.29) is 18.0 Å². The van der Waals surface area contributed by atoms with E-state index in [9.17, 15) is 9.59 Å². The predicted molar refractivity (Wildman–Crippen MR) is 93.6 cm³/mol. The van der Waals surface area contributed by atoms with Crippen LogP contribution in [0.2, 0.25) is 0 Å². The van der Waals surface area contributed by atoms with Crippen LogP contribution in [-0.2, 0) is 14.3 Å². The van der Waals surface area contributed by atoms with Crippen molar-refractivity contribution in [3.05, 3.63) is 58.7 Å². The number of ether oxygens (including phenoxy) is 2. The Hall–Kier alpha value is -2.80. The predicted octanol–water partition coefficient (Wildman–Crippen LogP) is 3.59. The third-order valence-electron chi connectivity index (χ3n) is 4.34. The molecule has 1 unspecified atom stereocenters. The topological polar surface area (TPSA) is 52.6 Å². The number of hydrogen-bond acceptors (Lipinski definition) is 4. The first-order valence-corrected chi connectivity index (χ1v) is 8.47. The van der Waals surface area contributed by atoms with Gasteiger partial charge in [-0.15, -0.1) is 0 Å². The number of carbonyl (C=O) groups is 2. The minimum atomic E-state index is -0.283. The SMILES string of the molecule is C/C(C#CC1=CCC(OC(=O)c2ccccc2)CC1)=C1\CCOC1=O. The fourth-order valence-corrected chi connectivity index (χ4v) is 2.85. The van der Waals surface area contributed by atoms with Gasteiger partial charge < -0.3 is 9.47 Å². The Bertz CT molecular complexity index is 790. The summed E-state index contributed by atoms with van der Waals surface area (Å²) in [4.78, 5) is 23.6. The van der Waals surface area contributed by atoms with E-state index in [2.05, 4.69) is 11.8 Å². The number of benzene rings is 1. The summed E-state index contributed by atoms with van der Waals surface area (Å²) in [6.07, 6.45) is 4.74. The van der Waals surface area contributed by atoms with Gasteiger partial charge in [0, 0.05) is 18.4 Å². The monoisotopic (exact) mass is 336 g/mol. The summed E-state index contributed by atoms with van der Waals surface area (Å²) in [6, 6.07) is 9.02. The van der Waals surface area contributed by atoms with Crippen LogP contribution in [-0.4, -0.2) is 24.6 Å². The van der Waals surface area contributed by atoms with Gasteiger partial charge in [0.1, 0.15) is 6.10 Å². The molecule has 128 valence electrons. The van der Waals surface area contributed by atoms with E-state index in [0.717, 1.165) is 24.0 Å². The minimum Gasteiger partial charge on any atom is -0.462 e. The van der Waals surface area contributed by atoms with E-state index in [4.69, 9.17) is 9.47 Å². The molecule has 2 aliphatic rings. The molecule has 0 N–H and O–H groups in total. The molecule has 0 bridgehead atoms. The fraction of sp³-hybridized carbons (Fsp3) is 0.333. The van der Waals surface area contributed by atoms with Crippen LogP contribution in [0.3, 0.4) is 0 Å². The molecule has 1 heterocycles. The molecule has 1 aliphatic carbocycles. The largest absolute Gasteiger partial charge is 0.462 e. The molecule has 0 amide bonds.